The van der Waals surface area contributed by atoms with Gasteiger partial charge in [-0.15, -0.1) is 0 Å². The van der Waals surface area contributed by atoms with E-state index in [1.807, 2.05) is 6.92 Å². The Kier molecular flexibility index (Phi) is 3.49. The molecule has 6 heteroatoms. The van der Waals surface area contributed by atoms with Gasteiger partial charge in [-0.25, -0.2) is 8.42 Å². The molecule has 0 aliphatic rings. The van der Waals surface area contributed by atoms with Crippen LogP contribution in [0.1, 0.15) is 16.6 Å². The number of nitrogens with zero attached hydrogens (tertiary/aromatic N) is 1. The number of aromatic amines is 1. The molecular formula is C12H15N3O2S. The number of hydrogen-bond acceptors (Lipinski definition) is 4. The molecule has 5 nitrogen and oxygen atoms in total. The fourth-order valence-electron chi connectivity index (χ4n) is 1.78. The molecule has 18 heavy (non-hydrogen) atoms. The highest BCUT2D eigenvalue weighted by Gasteiger charge is 2.29. The van der Waals surface area contributed by atoms with Crippen molar-refractivity contribution in [1.82, 2.24) is 10.2 Å². The van der Waals surface area contributed by atoms with Gasteiger partial charge in [0.25, 0.3) is 0 Å². The summed E-state index contributed by atoms with van der Waals surface area (Å²) >= 11 is 0. The van der Waals surface area contributed by atoms with Gasteiger partial charge in [0, 0.05) is 12.2 Å². The molecule has 2 aromatic rings. The van der Waals surface area contributed by atoms with Gasteiger partial charge in [0.05, 0.1) is 10.6 Å². The van der Waals surface area contributed by atoms with E-state index >= 15 is 0 Å². The van der Waals surface area contributed by atoms with Crippen molar-refractivity contribution in [1.29, 1.82) is 0 Å². The van der Waals surface area contributed by atoms with E-state index in [0.29, 0.717) is 5.69 Å². The zero-order chi connectivity index (χ0) is 13.2. The molecule has 1 unspecified atom stereocenters. The average Bonchev–Trinajstić information content (AvgIpc) is 2.77. The van der Waals surface area contributed by atoms with Gasteiger partial charge in [-0.2, -0.15) is 5.10 Å². The predicted octanol–water partition coefficient (Wildman–Crippen LogP) is 1.19. The van der Waals surface area contributed by atoms with Crippen LogP contribution in [0.2, 0.25) is 0 Å². The molecule has 0 saturated heterocycles. The number of benzene rings is 1. The van der Waals surface area contributed by atoms with E-state index < -0.39 is 15.1 Å². The SMILES string of the molecule is Cc1cc(C(CN)S(=O)(=O)c2ccccc2)n[nH]1. The second kappa shape index (κ2) is 4.91. The van der Waals surface area contributed by atoms with Crippen LogP contribution in [-0.4, -0.2) is 25.2 Å². The maximum Gasteiger partial charge on any atom is 0.188 e. The molecule has 3 N–H and O–H groups in total. The zero-order valence-electron chi connectivity index (χ0n) is 10.00. The number of hydrogen-bond donors (Lipinski definition) is 2. The number of aromatic nitrogens is 2. The van der Waals surface area contributed by atoms with Gasteiger partial charge >= 0.3 is 0 Å². The van der Waals surface area contributed by atoms with Crippen LogP contribution in [0.25, 0.3) is 0 Å². The minimum atomic E-state index is -3.50. The van der Waals surface area contributed by atoms with E-state index in [1.54, 1.807) is 36.4 Å². The Morgan fingerprint density at radius 1 is 1.33 bits per heavy atom. The van der Waals surface area contributed by atoms with Crippen molar-refractivity contribution in [2.24, 2.45) is 5.73 Å². The number of rotatable bonds is 4. The van der Waals surface area contributed by atoms with Crippen molar-refractivity contribution >= 4 is 9.84 Å². The summed E-state index contributed by atoms with van der Waals surface area (Å²) in [5.41, 5.74) is 6.87. The molecule has 0 spiro atoms. The van der Waals surface area contributed by atoms with Crippen LogP contribution in [0.15, 0.2) is 41.3 Å². The first kappa shape index (κ1) is 12.8. The van der Waals surface area contributed by atoms with Crippen LogP contribution in [-0.2, 0) is 9.84 Å². The Morgan fingerprint density at radius 2 is 2.00 bits per heavy atom. The van der Waals surface area contributed by atoms with Crippen molar-refractivity contribution < 1.29 is 8.42 Å². The molecule has 0 radical (unpaired) electrons. The second-order valence-electron chi connectivity index (χ2n) is 4.06. The summed E-state index contributed by atoms with van der Waals surface area (Å²) in [5.74, 6) is 0. The van der Waals surface area contributed by atoms with Gasteiger partial charge in [0.15, 0.2) is 9.84 Å². The van der Waals surface area contributed by atoms with Gasteiger partial charge in [-0.1, -0.05) is 18.2 Å². The minimum Gasteiger partial charge on any atom is -0.329 e. The predicted molar refractivity (Wildman–Crippen MR) is 68.7 cm³/mol. The van der Waals surface area contributed by atoms with E-state index in [0.717, 1.165) is 5.69 Å². The van der Waals surface area contributed by atoms with E-state index in [4.69, 9.17) is 5.73 Å². The molecule has 0 bridgehead atoms. The monoisotopic (exact) mass is 265 g/mol. The van der Waals surface area contributed by atoms with Gasteiger partial charge in [-0.3, -0.25) is 5.10 Å². The van der Waals surface area contributed by atoms with Crippen molar-refractivity contribution in [2.75, 3.05) is 6.54 Å². The molecule has 0 amide bonds. The van der Waals surface area contributed by atoms with Crippen LogP contribution in [0.4, 0.5) is 0 Å². The van der Waals surface area contributed by atoms with E-state index in [9.17, 15) is 8.42 Å². The third-order valence-electron chi connectivity index (χ3n) is 2.72. The minimum absolute atomic E-state index is 0.00151. The van der Waals surface area contributed by atoms with Crippen molar-refractivity contribution in [3.63, 3.8) is 0 Å². The molecule has 1 aromatic carbocycles. The summed E-state index contributed by atoms with van der Waals surface area (Å²) in [6.45, 7) is 1.82. The van der Waals surface area contributed by atoms with E-state index in [2.05, 4.69) is 10.2 Å². The number of nitrogens with one attached hydrogen (secondary N) is 1. The van der Waals surface area contributed by atoms with Crippen molar-refractivity contribution in [3.05, 3.63) is 47.8 Å². The average molecular weight is 265 g/mol. The van der Waals surface area contributed by atoms with Crippen LogP contribution < -0.4 is 5.73 Å². The van der Waals surface area contributed by atoms with Crippen LogP contribution in [0, 0.1) is 6.92 Å². The highest BCUT2D eigenvalue weighted by Crippen LogP contribution is 2.26. The standard InChI is InChI=1S/C12H15N3O2S/c1-9-7-11(15-14-9)12(8-13)18(16,17)10-5-3-2-4-6-10/h2-7,12H,8,13H2,1H3,(H,14,15). The summed E-state index contributed by atoms with van der Waals surface area (Å²) in [7, 11) is -3.50. The molecule has 96 valence electrons. The Balaban J connectivity index is 2.45. The Bertz CT molecular complexity index is 620. The smallest absolute Gasteiger partial charge is 0.188 e. The third kappa shape index (κ3) is 2.30. The lowest BCUT2D eigenvalue weighted by Gasteiger charge is -2.13. The lowest BCUT2D eigenvalue weighted by atomic mass is 10.3. The van der Waals surface area contributed by atoms with Gasteiger partial charge in [0.1, 0.15) is 5.25 Å². The topological polar surface area (TPSA) is 88.8 Å². The number of sulfone groups is 1. The van der Waals surface area contributed by atoms with Crippen molar-refractivity contribution in [2.45, 2.75) is 17.1 Å². The zero-order valence-corrected chi connectivity index (χ0v) is 10.8. The molecule has 0 saturated carbocycles. The highest BCUT2D eigenvalue weighted by molar-refractivity contribution is 7.91. The third-order valence-corrected chi connectivity index (χ3v) is 4.83. The maximum absolute atomic E-state index is 12.4. The maximum atomic E-state index is 12.4. The first-order valence-electron chi connectivity index (χ1n) is 5.56. The quantitative estimate of drug-likeness (QED) is 0.869. The molecule has 0 aliphatic carbocycles. The first-order valence-corrected chi connectivity index (χ1v) is 7.11. The van der Waals surface area contributed by atoms with Crippen LogP contribution >= 0.6 is 0 Å². The molecule has 0 aliphatic heterocycles. The van der Waals surface area contributed by atoms with E-state index in [1.165, 1.54) is 0 Å². The lowest BCUT2D eigenvalue weighted by molar-refractivity contribution is 0.580. The Labute approximate surface area is 106 Å². The summed E-state index contributed by atoms with van der Waals surface area (Å²) in [6, 6.07) is 9.99. The van der Waals surface area contributed by atoms with Gasteiger partial charge < -0.3 is 5.73 Å². The Hall–Kier alpha value is -1.66. The normalized spacial score (nSPS) is 13.4. The molecule has 1 aromatic heterocycles. The van der Waals surface area contributed by atoms with Crippen molar-refractivity contribution in [3.8, 4) is 0 Å². The number of H-pyrrole nitrogens is 1. The fraction of sp³-hybridized carbons (Fsp3) is 0.250. The van der Waals surface area contributed by atoms with Gasteiger partial charge in [-0.05, 0) is 25.1 Å². The number of aryl methyl sites for hydroxylation is 1. The van der Waals surface area contributed by atoms with Gasteiger partial charge in [0.2, 0.25) is 0 Å². The molecule has 1 heterocycles. The summed E-state index contributed by atoms with van der Waals surface area (Å²) in [5, 5.41) is 5.92. The highest BCUT2D eigenvalue weighted by atomic mass is 32.2. The summed E-state index contributed by atoms with van der Waals surface area (Å²) in [4.78, 5) is 0.265. The molecule has 0 fully saturated rings. The molecule has 1 atom stereocenters. The van der Waals surface area contributed by atoms with E-state index in [-0.39, 0.29) is 11.4 Å². The van der Waals surface area contributed by atoms with Crippen LogP contribution in [0.5, 0.6) is 0 Å². The fourth-order valence-corrected chi connectivity index (χ4v) is 3.34. The number of nitrogens with two attached hydrogens (primary N) is 1. The summed E-state index contributed by atoms with van der Waals surface area (Å²) in [6.07, 6.45) is 0. The second-order valence-corrected chi connectivity index (χ2v) is 6.19. The Morgan fingerprint density at radius 3 is 2.50 bits per heavy atom. The summed E-state index contributed by atoms with van der Waals surface area (Å²) < 4.78 is 24.9. The lowest BCUT2D eigenvalue weighted by Crippen LogP contribution is -2.22. The molecular weight excluding hydrogens is 250 g/mol. The first-order chi connectivity index (χ1) is 8.55. The van der Waals surface area contributed by atoms with Crippen LogP contribution in [0.3, 0.4) is 0 Å². The largest absolute Gasteiger partial charge is 0.329 e. The molecule has 2 rings (SSSR count).